The van der Waals surface area contributed by atoms with Gasteiger partial charge in [0, 0.05) is 24.0 Å². The molecular formula is C19H24N5+. The largest absolute Gasteiger partial charge is 0.356 e. The molecule has 124 valence electrons. The van der Waals surface area contributed by atoms with Gasteiger partial charge in [-0.3, -0.25) is 0 Å². The van der Waals surface area contributed by atoms with Gasteiger partial charge in [-0.15, -0.1) is 0 Å². The van der Waals surface area contributed by atoms with Gasteiger partial charge < -0.3 is 4.90 Å². The van der Waals surface area contributed by atoms with Crippen LogP contribution in [0.1, 0.15) is 36.8 Å². The Labute approximate surface area is 142 Å². The number of aromatic nitrogens is 1. The minimum Gasteiger partial charge on any atom is -0.356 e. The number of benzene rings is 1. The first-order valence-corrected chi connectivity index (χ1v) is 8.92. The van der Waals surface area contributed by atoms with Crippen LogP contribution in [0.2, 0.25) is 0 Å². The van der Waals surface area contributed by atoms with Crippen molar-refractivity contribution in [2.24, 2.45) is 17.0 Å². The minimum absolute atomic E-state index is 0.432. The molecule has 0 amide bonds. The zero-order valence-electron chi connectivity index (χ0n) is 14.2. The first-order chi connectivity index (χ1) is 11.7. The molecule has 5 nitrogen and oxygen atoms in total. The Morgan fingerprint density at radius 3 is 2.54 bits per heavy atom. The van der Waals surface area contributed by atoms with Crippen molar-refractivity contribution in [3.8, 4) is 0 Å². The highest BCUT2D eigenvalue weighted by Crippen LogP contribution is 2.37. The van der Waals surface area contributed by atoms with Crippen LogP contribution >= 0.6 is 0 Å². The number of fused-ring (bicyclic) bond motifs is 1. The summed E-state index contributed by atoms with van der Waals surface area (Å²) in [6, 6.07) is 8.48. The van der Waals surface area contributed by atoms with Crippen molar-refractivity contribution in [2.75, 3.05) is 18.0 Å². The zero-order chi connectivity index (χ0) is 16.5. The fourth-order valence-corrected chi connectivity index (χ4v) is 3.35. The second-order valence-electron chi connectivity index (χ2n) is 7.31. The van der Waals surface area contributed by atoms with Gasteiger partial charge in [0.1, 0.15) is 16.5 Å². The summed E-state index contributed by atoms with van der Waals surface area (Å²) in [7, 11) is 0. The maximum absolute atomic E-state index is 7.00. The average Bonchev–Trinajstić information content (AvgIpc) is 3.48. The number of nitrogens with one attached hydrogen (secondary N) is 1. The minimum atomic E-state index is 0.432. The van der Waals surface area contributed by atoms with Crippen molar-refractivity contribution >= 4 is 16.7 Å². The molecule has 1 heterocycles. The Hall–Kier alpha value is -2.26. The predicted molar refractivity (Wildman–Crippen MR) is 95.1 cm³/mol. The summed E-state index contributed by atoms with van der Waals surface area (Å²) in [6.45, 7) is 4.76. The molecule has 0 aliphatic heterocycles. The number of hydrogen-bond donors (Lipinski definition) is 1. The van der Waals surface area contributed by atoms with Gasteiger partial charge in [0.15, 0.2) is 6.54 Å². The number of rotatable bonds is 7. The van der Waals surface area contributed by atoms with Crippen molar-refractivity contribution in [3.05, 3.63) is 35.4 Å². The Morgan fingerprint density at radius 1 is 1.21 bits per heavy atom. The second kappa shape index (κ2) is 6.33. The Morgan fingerprint density at radius 2 is 1.92 bits per heavy atom. The third-order valence-corrected chi connectivity index (χ3v) is 5.07. The van der Waals surface area contributed by atoms with Crippen molar-refractivity contribution < 1.29 is 0 Å². The molecule has 5 heteroatoms. The Balaban J connectivity index is 1.78. The third-order valence-electron chi connectivity index (χ3n) is 5.07. The molecule has 2 aliphatic rings. The van der Waals surface area contributed by atoms with Crippen LogP contribution in [-0.4, -0.2) is 18.1 Å². The number of anilines is 1. The van der Waals surface area contributed by atoms with Gasteiger partial charge in [0.25, 0.3) is 0 Å². The molecule has 2 saturated carbocycles. The molecule has 1 N–H and O–H groups in total. The summed E-state index contributed by atoms with van der Waals surface area (Å²) >= 11 is 0. The maximum Gasteiger partial charge on any atom is 0.214 e. The van der Waals surface area contributed by atoms with Crippen molar-refractivity contribution in [1.82, 2.24) is 9.90 Å². The SMILES string of the molecule is Cc1cccc2cc(CN=[N+]=N)c(N(CC3CC3)CC3CC3)nc12. The summed E-state index contributed by atoms with van der Waals surface area (Å²) in [5.41, 5.74) is 10.4. The molecule has 2 aromatic rings. The lowest BCUT2D eigenvalue weighted by molar-refractivity contribution is 0.668. The van der Waals surface area contributed by atoms with E-state index in [9.17, 15) is 0 Å². The first kappa shape index (κ1) is 15.3. The Kier molecular flexibility index (Phi) is 4.03. The van der Waals surface area contributed by atoms with E-state index < -0.39 is 0 Å². The monoisotopic (exact) mass is 322 g/mol. The molecule has 1 aromatic heterocycles. The standard InChI is InChI=1S/C19H24N5/c1-13-3-2-4-16-9-17(10-21-23-20)19(22-18(13)16)24(11-14-5-6-14)12-15-7-8-15/h2-4,9,14-15,20H,5-8,10-12H2,1H3/q+1. The van der Waals surface area contributed by atoms with Gasteiger partial charge in [0.2, 0.25) is 4.91 Å². The summed E-state index contributed by atoms with van der Waals surface area (Å²) in [5, 5.41) is 5.07. The maximum atomic E-state index is 7.00. The van der Waals surface area contributed by atoms with Crippen LogP contribution in [0.15, 0.2) is 29.4 Å². The molecule has 0 bridgehead atoms. The van der Waals surface area contributed by atoms with Crippen LogP contribution in [0.4, 0.5) is 5.82 Å². The lowest BCUT2D eigenvalue weighted by atomic mass is 10.1. The molecular weight excluding hydrogens is 298 g/mol. The molecule has 2 aliphatic carbocycles. The van der Waals surface area contributed by atoms with Gasteiger partial charge in [-0.2, -0.15) is 0 Å². The number of nitrogens with zero attached hydrogens (tertiary/aromatic N) is 4. The average molecular weight is 322 g/mol. The van der Waals surface area contributed by atoms with E-state index in [1.807, 2.05) is 0 Å². The third kappa shape index (κ3) is 3.31. The number of hydrogen-bond acceptors (Lipinski definition) is 4. The van der Waals surface area contributed by atoms with Crippen LogP contribution in [0.25, 0.3) is 10.9 Å². The first-order valence-electron chi connectivity index (χ1n) is 8.92. The highest BCUT2D eigenvalue weighted by atomic mass is 15.2. The van der Waals surface area contributed by atoms with E-state index in [-0.39, 0.29) is 0 Å². The van der Waals surface area contributed by atoms with Gasteiger partial charge in [-0.05, 0) is 56.1 Å². The van der Waals surface area contributed by atoms with Crippen LogP contribution in [0, 0.1) is 24.3 Å². The van der Waals surface area contributed by atoms with Gasteiger partial charge in [-0.25, -0.2) is 4.98 Å². The van der Waals surface area contributed by atoms with E-state index in [1.54, 1.807) is 0 Å². The fourth-order valence-electron chi connectivity index (χ4n) is 3.35. The van der Waals surface area contributed by atoms with Crippen LogP contribution in [-0.2, 0) is 6.54 Å². The lowest BCUT2D eigenvalue weighted by Gasteiger charge is -2.26. The van der Waals surface area contributed by atoms with Gasteiger partial charge >= 0.3 is 0 Å². The molecule has 0 saturated heterocycles. The van der Waals surface area contributed by atoms with Crippen molar-refractivity contribution in [1.29, 1.82) is 5.53 Å². The van der Waals surface area contributed by atoms with Gasteiger partial charge in [-0.1, -0.05) is 18.2 Å². The molecule has 2 fully saturated rings. The number of aryl methyl sites for hydroxylation is 1. The highest BCUT2D eigenvalue weighted by Gasteiger charge is 2.31. The van der Waals surface area contributed by atoms with E-state index in [4.69, 9.17) is 10.5 Å². The van der Waals surface area contributed by atoms with Crippen molar-refractivity contribution in [3.63, 3.8) is 0 Å². The van der Waals surface area contributed by atoms with E-state index in [2.05, 4.69) is 46.1 Å². The van der Waals surface area contributed by atoms with Gasteiger partial charge in [0.05, 0.1) is 5.52 Å². The van der Waals surface area contributed by atoms with Crippen LogP contribution in [0.3, 0.4) is 0 Å². The summed E-state index contributed by atoms with van der Waals surface area (Å²) in [6.07, 6.45) is 5.37. The molecule has 0 atom stereocenters. The zero-order valence-corrected chi connectivity index (χ0v) is 14.2. The van der Waals surface area contributed by atoms with Crippen LogP contribution in [0.5, 0.6) is 0 Å². The quantitative estimate of drug-likeness (QED) is 0.612. The molecule has 4 rings (SSSR count). The molecule has 0 unspecified atom stereocenters. The van der Waals surface area contributed by atoms with E-state index in [1.165, 1.54) is 31.2 Å². The van der Waals surface area contributed by atoms with E-state index >= 15 is 0 Å². The van der Waals surface area contributed by atoms with E-state index in [0.29, 0.717) is 6.54 Å². The summed E-state index contributed by atoms with van der Waals surface area (Å²) < 4.78 is 0. The highest BCUT2D eigenvalue weighted by molar-refractivity contribution is 5.84. The lowest BCUT2D eigenvalue weighted by Crippen LogP contribution is -2.30. The Bertz CT molecular complexity index is 787. The number of para-hydroxylation sites is 1. The van der Waals surface area contributed by atoms with Crippen LogP contribution < -0.4 is 9.81 Å². The predicted octanol–water partition coefficient (Wildman–Crippen LogP) is 4.22. The normalized spacial score (nSPS) is 16.9. The summed E-state index contributed by atoms with van der Waals surface area (Å²) in [5.74, 6) is 2.70. The molecule has 0 radical (unpaired) electrons. The second-order valence-corrected chi connectivity index (χ2v) is 7.31. The topological polar surface area (TPSA) is 66.4 Å². The molecule has 1 aromatic carbocycles. The van der Waals surface area contributed by atoms with E-state index in [0.717, 1.165) is 47.2 Å². The molecule has 24 heavy (non-hydrogen) atoms. The van der Waals surface area contributed by atoms with Crippen molar-refractivity contribution in [2.45, 2.75) is 39.2 Å². The fraction of sp³-hybridized carbons (Fsp3) is 0.526. The smallest absolute Gasteiger partial charge is 0.214 e. The summed E-state index contributed by atoms with van der Waals surface area (Å²) in [4.78, 5) is 10.7. The molecule has 0 spiro atoms. The number of pyridine rings is 1.